The zero-order valence-electron chi connectivity index (χ0n) is 22.4. The van der Waals surface area contributed by atoms with E-state index >= 15 is 0 Å². The lowest BCUT2D eigenvalue weighted by Crippen LogP contribution is -2.12. The SMILES string of the molecule is Nc1cc(C(F)(F)F)c(-c2cc(Br)c(N)cc2C(F)(F)F)cc1Br.Nc1ccc(-c2ccc(N)cc2C(F)(F)F)c(C(F)(F)F)c1. The average Bonchev–Trinajstić information content (AvgIpc) is 2.89. The van der Waals surface area contributed by atoms with Crippen LogP contribution in [0.3, 0.4) is 0 Å². The maximum Gasteiger partial charge on any atom is 0.417 e. The summed E-state index contributed by atoms with van der Waals surface area (Å²) in [5.41, 5.74) is 13.1. The van der Waals surface area contributed by atoms with Gasteiger partial charge in [-0.2, -0.15) is 52.7 Å². The van der Waals surface area contributed by atoms with Gasteiger partial charge in [0.25, 0.3) is 0 Å². The summed E-state index contributed by atoms with van der Waals surface area (Å²) >= 11 is 5.88. The predicted molar refractivity (Wildman–Crippen MR) is 157 cm³/mol. The molecule has 4 aromatic rings. The highest BCUT2D eigenvalue weighted by Crippen LogP contribution is 2.47. The van der Waals surface area contributed by atoms with Crippen molar-refractivity contribution in [2.24, 2.45) is 0 Å². The van der Waals surface area contributed by atoms with Crippen LogP contribution >= 0.6 is 31.9 Å². The molecule has 0 unspecified atom stereocenters. The van der Waals surface area contributed by atoms with E-state index in [2.05, 4.69) is 31.9 Å². The smallest absolute Gasteiger partial charge is 0.399 e. The van der Waals surface area contributed by atoms with Gasteiger partial charge in [0, 0.05) is 31.7 Å². The summed E-state index contributed by atoms with van der Waals surface area (Å²) in [5.74, 6) is 0. The normalized spacial score (nSPS) is 12.5. The first-order chi connectivity index (χ1) is 20.8. The van der Waals surface area contributed by atoms with Gasteiger partial charge in [0.2, 0.25) is 0 Å². The lowest BCUT2D eigenvalue weighted by Gasteiger charge is -2.19. The van der Waals surface area contributed by atoms with Gasteiger partial charge in [0.1, 0.15) is 0 Å². The van der Waals surface area contributed by atoms with Crippen molar-refractivity contribution >= 4 is 54.6 Å². The first-order valence-corrected chi connectivity index (χ1v) is 13.7. The monoisotopic (exact) mass is 796 g/mol. The van der Waals surface area contributed by atoms with Crippen LogP contribution in [-0.4, -0.2) is 0 Å². The van der Waals surface area contributed by atoms with Crippen LogP contribution in [0.2, 0.25) is 0 Å². The van der Waals surface area contributed by atoms with Crippen molar-refractivity contribution in [3.05, 3.63) is 91.9 Å². The van der Waals surface area contributed by atoms with Crippen LogP contribution in [0.4, 0.5) is 75.4 Å². The minimum absolute atomic E-state index is 0.0478. The molecule has 0 radical (unpaired) electrons. The molecule has 4 aromatic carbocycles. The summed E-state index contributed by atoms with van der Waals surface area (Å²) in [6.07, 6.45) is -19.5. The Morgan fingerprint density at radius 1 is 0.370 bits per heavy atom. The first kappa shape index (κ1) is 36.7. The molecule has 18 heteroatoms. The number of nitrogens with two attached hydrogens (primary N) is 4. The number of anilines is 4. The Labute approximate surface area is 268 Å². The van der Waals surface area contributed by atoms with Crippen molar-refractivity contribution in [3.8, 4) is 22.3 Å². The molecule has 0 fully saturated rings. The van der Waals surface area contributed by atoms with E-state index in [0.717, 1.165) is 36.4 Å². The van der Waals surface area contributed by atoms with Crippen LogP contribution in [0.25, 0.3) is 22.3 Å². The van der Waals surface area contributed by atoms with E-state index in [1.54, 1.807) is 0 Å². The van der Waals surface area contributed by atoms with Crippen molar-refractivity contribution in [1.29, 1.82) is 0 Å². The van der Waals surface area contributed by atoms with Gasteiger partial charge in [-0.25, -0.2) is 0 Å². The highest BCUT2D eigenvalue weighted by atomic mass is 79.9. The summed E-state index contributed by atoms with van der Waals surface area (Å²) in [4.78, 5) is 0. The summed E-state index contributed by atoms with van der Waals surface area (Å²) in [7, 11) is 0. The quantitative estimate of drug-likeness (QED) is 0.120. The Morgan fingerprint density at radius 2 is 0.630 bits per heavy atom. The molecule has 0 atom stereocenters. The van der Waals surface area contributed by atoms with Gasteiger partial charge in [0.15, 0.2) is 0 Å². The first-order valence-electron chi connectivity index (χ1n) is 12.1. The maximum atomic E-state index is 13.3. The van der Waals surface area contributed by atoms with Gasteiger partial charge in [-0.3, -0.25) is 0 Å². The van der Waals surface area contributed by atoms with E-state index in [-0.39, 0.29) is 31.7 Å². The molecule has 0 aliphatic rings. The summed E-state index contributed by atoms with van der Waals surface area (Å²) < 4.78 is 158. The van der Waals surface area contributed by atoms with Crippen LogP contribution in [0.5, 0.6) is 0 Å². The molecule has 46 heavy (non-hydrogen) atoms. The molecule has 0 aliphatic heterocycles. The maximum absolute atomic E-state index is 13.3. The predicted octanol–water partition coefficient (Wildman–Crippen LogP) is 10.6. The fourth-order valence-electron chi connectivity index (χ4n) is 4.16. The molecular weight excluding hydrogens is 780 g/mol. The molecular formula is C28H18Br2F12N4. The molecule has 0 saturated heterocycles. The third kappa shape index (κ3) is 8.31. The van der Waals surface area contributed by atoms with Gasteiger partial charge in [0.05, 0.1) is 22.3 Å². The van der Waals surface area contributed by atoms with Crippen molar-refractivity contribution in [1.82, 2.24) is 0 Å². The number of alkyl halides is 12. The highest BCUT2D eigenvalue weighted by molar-refractivity contribution is 9.11. The lowest BCUT2D eigenvalue weighted by atomic mass is 9.94. The Morgan fingerprint density at radius 3 is 0.891 bits per heavy atom. The molecule has 0 aromatic heterocycles. The Bertz CT molecular complexity index is 1630. The third-order valence-corrected chi connectivity index (χ3v) is 7.54. The second kappa shape index (κ2) is 12.8. The number of rotatable bonds is 2. The molecule has 0 spiro atoms. The fourth-order valence-corrected chi connectivity index (χ4v) is 4.84. The number of benzene rings is 4. The third-order valence-electron chi connectivity index (χ3n) is 6.16. The van der Waals surface area contributed by atoms with Gasteiger partial charge in [-0.1, -0.05) is 12.1 Å². The molecule has 0 amide bonds. The Hall–Kier alpha value is -3.80. The van der Waals surface area contributed by atoms with Gasteiger partial charge >= 0.3 is 24.7 Å². The van der Waals surface area contributed by atoms with Crippen LogP contribution < -0.4 is 22.9 Å². The molecule has 0 saturated carbocycles. The van der Waals surface area contributed by atoms with Crippen LogP contribution in [0.1, 0.15) is 22.3 Å². The molecule has 248 valence electrons. The standard InChI is InChI=1S/C14H8Br2F6N2.C14H10F6N2/c15-9-1-5(7(3-11(9)23)13(17,18)19)6-2-10(16)12(24)4-8(6)14(20,21)22;15-13(16,17)11-5-7(21)1-3-9(11)10-4-2-8(22)6-12(10)14(18,19)20/h1-4H,23-24H2;1-6H,21-22H2. The molecule has 0 aliphatic carbocycles. The van der Waals surface area contributed by atoms with Crippen molar-refractivity contribution < 1.29 is 52.7 Å². The number of nitrogen functional groups attached to an aromatic ring is 4. The second-order valence-corrected chi connectivity index (χ2v) is 11.1. The van der Waals surface area contributed by atoms with E-state index in [1.807, 2.05) is 0 Å². The second-order valence-electron chi connectivity index (χ2n) is 9.44. The van der Waals surface area contributed by atoms with Crippen LogP contribution in [0.15, 0.2) is 69.6 Å². The number of hydrogen-bond donors (Lipinski definition) is 4. The van der Waals surface area contributed by atoms with Gasteiger partial charge in [-0.05, 0) is 103 Å². The summed E-state index contributed by atoms with van der Waals surface area (Å²) in [6.45, 7) is 0. The molecule has 4 nitrogen and oxygen atoms in total. The van der Waals surface area contributed by atoms with Crippen molar-refractivity contribution in [3.63, 3.8) is 0 Å². The van der Waals surface area contributed by atoms with Gasteiger partial charge in [-0.15, -0.1) is 0 Å². The molecule has 0 bridgehead atoms. The van der Waals surface area contributed by atoms with Crippen LogP contribution in [-0.2, 0) is 24.7 Å². The van der Waals surface area contributed by atoms with E-state index in [0.29, 0.717) is 24.3 Å². The molecule has 8 N–H and O–H groups in total. The zero-order valence-corrected chi connectivity index (χ0v) is 25.5. The fraction of sp³-hybridized carbons (Fsp3) is 0.143. The zero-order chi connectivity index (χ0) is 35.2. The minimum atomic E-state index is -4.89. The topological polar surface area (TPSA) is 104 Å². The van der Waals surface area contributed by atoms with Gasteiger partial charge < -0.3 is 22.9 Å². The Balaban J connectivity index is 0.000000251. The molecule has 0 heterocycles. The van der Waals surface area contributed by atoms with E-state index in [9.17, 15) is 52.7 Å². The largest absolute Gasteiger partial charge is 0.417 e. The molecule has 4 rings (SSSR count). The summed E-state index contributed by atoms with van der Waals surface area (Å²) in [6, 6.07) is 8.25. The summed E-state index contributed by atoms with van der Waals surface area (Å²) in [5, 5.41) is 0. The van der Waals surface area contributed by atoms with E-state index in [4.69, 9.17) is 22.9 Å². The van der Waals surface area contributed by atoms with E-state index in [1.165, 1.54) is 0 Å². The van der Waals surface area contributed by atoms with Crippen molar-refractivity contribution in [2.75, 3.05) is 22.9 Å². The highest BCUT2D eigenvalue weighted by Gasteiger charge is 2.40. The number of hydrogen-bond acceptors (Lipinski definition) is 4. The average molecular weight is 798 g/mol. The van der Waals surface area contributed by atoms with Crippen molar-refractivity contribution in [2.45, 2.75) is 24.7 Å². The van der Waals surface area contributed by atoms with Crippen LogP contribution in [0, 0.1) is 0 Å². The number of halogens is 14. The lowest BCUT2D eigenvalue weighted by molar-refractivity contribution is -0.139. The van der Waals surface area contributed by atoms with E-state index < -0.39 is 69.2 Å². The Kier molecular flexibility index (Phi) is 10.2. The minimum Gasteiger partial charge on any atom is -0.399 e.